The van der Waals surface area contributed by atoms with Gasteiger partial charge in [-0.3, -0.25) is 14.9 Å². The van der Waals surface area contributed by atoms with E-state index < -0.39 is 10.8 Å². The van der Waals surface area contributed by atoms with Crippen molar-refractivity contribution in [2.45, 2.75) is 6.92 Å². The van der Waals surface area contributed by atoms with Crippen LogP contribution in [0.4, 0.5) is 17.1 Å². The van der Waals surface area contributed by atoms with Crippen molar-refractivity contribution in [3.05, 3.63) is 62.1 Å². The first-order valence-electron chi connectivity index (χ1n) is 6.00. The first-order chi connectivity index (χ1) is 9.90. The summed E-state index contributed by atoms with van der Waals surface area (Å²) in [6, 6.07) is 9.57. The molecule has 2 rings (SSSR count). The molecule has 1 amide bonds. The van der Waals surface area contributed by atoms with Crippen LogP contribution < -0.4 is 11.1 Å². The lowest BCUT2D eigenvalue weighted by Crippen LogP contribution is -2.15. The normalized spacial score (nSPS) is 10.2. The first-order valence-corrected chi connectivity index (χ1v) is 6.80. The molecule has 21 heavy (non-hydrogen) atoms. The minimum absolute atomic E-state index is 0.0664. The quantitative estimate of drug-likeness (QED) is 0.503. The van der Waals surface area contributed by atoms with Crippen molar-refractivity contribution in [3.63, 3.8) is 0 Å². The molecule has 0 aliphatic carbocycles. The molecule has 6 nitrogen and oxygen atoms in total. The largest absolute Gasteiger partial charge is 0.393 e. The number of nitrogens with zero attached hydrogens (tertiary/aromatic N) is 1. The van der Waals surface area contributed by atoms with Crippen molar-refractivity contribution in [3.8, 4) is 0 Å². The number of aryl methyl sites for hydroxylation is 1. The number of nitrogens with one attached hydrogen (secondary N) is 1. The molecule has 0 saturated heterocycles. The Bertz CT molecular complexity index is 731. The Balaban J connectivity index is 2.33. The fourth-order valence-corrected chi connectivity index (χ4v) is 2.41. The van der Waals surface area contributed by atoms with Crippen molar-refractivity contribution < 1.29 is 9.72 Å². The average molecular weight is 350 g/mol. The van der Waals surface area contributed by atoms with Crippen LogP contribution in [-0.2, 0) is 0 Å². The molecule has 7 heteroatoms. The molecule has 0 aromatic heterocycles. The number of carbonyl (C=O) groups is 1. The van der Waals surface area contributed by atoms with Gasteiger partial charge in [0.1, 0.15) is 5.69 Å². The van der Waals surface area contributed by atoms with Gasteiger partial charge in [0.2, 0.25) is 0 Å². The number of amides is 1. The standard InChI is InChI=1S/C14H12BrN3O3/c1-8-5-6-11(10(15)7-8)17-14(19)9-3-2-4-12(13(9)16)18(20)21/h2-7H,16H2,1H3,(H,17,19). The maximum atomic E-state index is 12.2. The van der Waals surface area contributed by atoms with E-state index in [2.05, 4.69) is 21.2 Å². The summed E-state index contributed by atoms with van der Waals surface area (Å²) in [6.45, 7) is 1.93. The predicted octanol–water partition coefficient (Wildman–Crippen LogP) is 3.50. The molecule has 3 N–H and O–H groups in total. The van der Waals surface area contributed by atoms with E-state index in [1.807, 2.05) is 19.1 Å². The van der Waals surface area contributed by atoms with Gasteiger partial charge in [-0.05, 0) is 46.6 Å². The van der Waals surface area contributed by atoms with Crippen molar-refractivity contribution >= 4 is 38.9 Å². The van der Waals surface area contributed by atoms with E-state index in [1.54, 1.807) is 6.07 Å². The highest BCUT2D eigenvalue weighted by atomic mass is 79.9. The van der Waals surface area contributed by atoms with Crippen LogP contribution in [0.5, 0.6) is 0 Å². The fourth-order valence-electron chi connectivity index (χ4n) is 1.82. The van der Waals surface area contributed by atoms with E-state index in [-0.39, 0.29) is 16.9 Å². The molecule has 0 radical (unpaired) electrons. The zero-order valence-electron chi connectivity index (χ0n) is 11.1. The minimum Gasteiger partial charge on any atom is -0.393 e. The second kappa shape index (κ2) is 5.92. The molecule has 2 aromatic carbocycles. The summed E-state index contributed by atoms with van der Waals surface area (Å²) in [5.41, 5.74) is 6.92. The Morgan fingerprint density at radius 2 is 2.05 bits per heavy atom. The molecular weight excluding hydrogens is 338 g/mol. The number of nitrogen functional groups attached to an aromatic ring is 1. The van der Waals surface area contributed by atoms with E-state index in [1.165, 1.54) is 18.2 Å². The van der Waals surface area contributed by atoms with Crippen molar-refractivity contribution in [1.82, 2.24) is 0 Å². The van der Waals surface area contributed by atoms with E-state index in [0.717, 1.165) is 10.0 Å². The van der Waals surface area contributed by atoms with Crippen molar-refractivity contribution in [2.24, 2.45) is 0 Å². The van der Waals surface area contributed by atoms with E-state index in [0.29, 0.717) is 5.69 Å². The highest BCUT2D eigenvalue weighted by Crippen LogP contribution is 2.27. The number of hydrogen-bond donors (Lipinski definition) is 2. The maximum absolute atomic E-state index is 12.2. The predicted molar refractivity (Wildman–Crippen MR) is 84.3 cm³/mol. The minimum atomic E-state index is -0.617. The number of nitro benzene ring substituents is 1. The van der Waals surface area contributed by atoms with E-state index >= 15 is 0 Å². The highest BCUT2D eigenvalue weighted by Gasteiger charge is 2.19. The molecule has 2 aromatic rings. The van der Waals surface area contributed by atoms with Crippen LogP contribution in [0.3, 0.4) is 0 Å². The smallest absolute Gasteiger partial charge is 0.292 e. The highest BCUT2D eigenvalue weighted by molar-refractivity contribution is 9.10. The summed E-state index contributed by atoms with van der Waals surface area (Å²) in [5, 5.41) is 13.5. The lowest BCUT2D eigenvalue weighted by atomic mass is 10.1. The average Bonchev–Trinajstić information content (AvgIpc) is 2.41. The third-order valence-corrected chi connectivity index (χ3v) is 3.55. The molecule has 0 fully saturated rings. The fraction of sp³-hybridized carbons (Fsp3) is 0.0714. The molecule has 0 saturated carbocycles. The molecule has 0 atom stereocenters. The van der Waals surface area contributed by atoms with Gasteiger partial charge >= 0.3 is 0 Å². The SMILES string of the molecule is Cc1ccc(NC(=O)c2cccc([N+](=O)[O-])c2N)c(Br)c1. The van der Waals surface area contributed by atoms with E-state index in [9.17, 15) is 14.9 Å². The maximum Gasteiger partial charge on any atom is 0.292 e. The lowest BCUT2D eigenvalue weighted by Gasteiger charge is -2.09. The van der Waals surface area contributed by atoms with Gasteiger partial charge in [0.05, 0.1) is 16.2 Å². The van der Waals surface area contributed by atoms with Crippen LogP contribution in [-0.4, -0.2) is 10.8 Å². The molecule has 0 spiro atoms. The van der Waals surface area contributed by atoms with Crippen LogP contribution in [0.2, 0.25) is 0 Å². The Kier molecular flexibility index (Phi) is 4.23. The molecule has 0 aliphatic heterocycles. The number of nitro groups is 1. The number of hydrogen-bond acceptors (Lipinski definition) is 4. The summed E-state index contributed by atoms with van der Waals surface area (Å²) in [6.07, 6.45) is 0. The second-order valence-corrected chi connectivity index (χ2v) is 5.29. The number of rotatable bonds is 3. The molecule has 108 valence electrons. The number of para-hydroxylation sites is 1. The Morgan fingerprint density at radius 1 is 1.33 bits per heavy atom. The van der Waals surface area contributed by atoms with Crippen LogP contribution in [0.1, 0.15) is 15.9 Å². The summed E-state index contributed by atoms with van der Waals surface area (Å²) >= 11 is 3.35. The zero-order chi connectivity index (χ0) is 15.6. The first kappa shape index (κ1) is 15.0. The van der Waals surface area contributed by atoms with Crippen LogP contribution in [0.15, 0.2) is 40.9 Å². The molecule has 0 aliphatic rings. The topological polar surface area (TPSA) is 98.3 Å². The summed E-state index contributed by atoms with van der Waals surface area (Å²) in [5.74, 6) is -0.499. The number of benzene rings is 2. The zero-order valence-corrected chi connectivity index (χ0v) is 12.7. The monoisotopic (exact) mass is 349 g/mol. The van der Waals surface area contributed by atoms with Crippen LogP contribution >= 0.6 is 15.9 Å². The Hall–Kier alpha value is -2.41. The molecule has 0 bridgehead atoms. The van der Waals surface area contributed by atoms with Gasteiger partial charge in [0.15, 0.2) is 0 Å². The third-order valence-electron chi connectivity index (χ3n) is 2.90. The Morgan fingerprint density at radius 3 is 2.67 bits per heavy atom. The lowest BCUT2D eigenvalue weighted by molar-refractivity contribution is -0.383. The number of anilines is 2. The molecule has 0 heterocycles. The molecular formula is C14H12BrN3O3. The van der Waals surface area contributed by atoms with Gasteiger partial charge in [-0.2, -0.15) is 0 Å². The van der Waals surface area contributed by atoms with Gasteiger partial charge in [0, 0.05) is 10.5 Å². The van der Waals surface area contributed by atoms with E-state index in [4.69, 9.17) is 5.73 Å². The summed E-state index contributed by atoms with van der Waals surface area (Å²) < 4.78 is 0.722. The van der Waals surface area contributed by atoms with Gasteiger partial charge in [0.25, 0.3) is 11.6 Å². The van der Waals surface area contributed by atoms with Crippen LogP contribution in [0.25, 0.3) is 0 Å². The molecule has 0 unspecified atom stereocenters. The second-order valence-electron chi connectivity index (χ2n) is 4.43. The van der Waals surface area contributed by atoms with Gasteiger partial charge in [-0.25, -0.2) is 0 Å². The Labute approximate surface area is 129 Å². The van der Waals surface area contributed by atoms with Crippen molar-refractivity contribution in [1.29, 1.82) is 0 Å². The number of carbonyl (C=O) groups excluding carboxylic acids is 1. The number of nitrogens with two attached hydrogens (primary N) is 1. The third kappa shape index (κ3) is 3.19. The summed E-state index contributed by atoms with van der Waals surface area (Å²) in [4.78, 5) is 22.4. The van der Waals surface area contributed by atoms with Gasteiger partial charge in [-0.1, -0.05) is 12.1 Å². The van der Waals surface area contributed by atoms with Crippen LogP contribution in [0, 0.1) is 17.0 Å². The number of halogens is 1. The van der Waals surface area contributed by atoms with Gasteiger partial charge < -0.3 is 11.1 Å². The van der Waals surface area contributed by atoms with Gasteiger partial charge in [-0.15, -0.1) is 0 Å². The van der Waals surface area contributed by atoms with Crippen molar-refractivity contribution in [2.75, 3.05) is 11.1 Å². The summed E-state index contributed by atoms with van der Waals surface area (Å²) in [7, 11) is 0.